The highest BCUT2D eigenvalue weighted by Crippen LogP contribution is 2.42. The van der Waals surface area contributed by atoms with Crippen molar-refractivity contribution < 1.29 is 47.3 Å². The zero-order chi connectivity index (χ0) is 25.9. The van der Waals surface area contributed by atoms with Crippen LogP contribution in [0.1, 0.15) is 27.7 Å². The van der Waals surface area contributed by atoms with Crippen LogP contribution in [0.15, 0.2) is 39.7 Å². The fraction of sp³-hybridized carbons (Fsp3) is 0.208. The maximum absolute atomic E-state index is 13.5. The number of fused-ring (bicyclic) bond motifs is 1. The third-order valence-corrected chi connectivity index (χ3v) is 4.41. The van der Waals surface area contributed by atoms with Gasteiger partial charge in [0.15, 0.2) is 22.8 Å². The highest BCUT2D eigenvalue weighted by Gasteiger charge is 2.24. The summed E-state index contributed by atoms with van der Waals surface area (Å²) < 4.78 is 31.4. The second kappa shape index (κ2) is 10.1. The summed E-state index contributed by atoms with van der Waals surface area (Å²) in [5.41, 5.74) is -0.530. The number of methoxy groups -OCH3 is 1. The first-order valence-corrected chi connectivity index (χ1v) is 10.1. The predicted molar refractivity (Wildman–Crippen MR) is 120 cm³/mol. The first-order chi connectivity index (χ1) is 16.5. The Hall–Kier alpha value is -4.67. The lowest BCUT2D eigenvalue weighted by molar-refractivity contribution is -0.134. The Labute approximate surface area is 198 Å². The Morgan fingerprint density at radius 2 is 1.26 bits per heavy atom. The molecule has 0 spiro atoms. The van der Waals surface area contributed by atoms with E-state index >= 15 is 0 Å². The number of hydrogen-bond acceptors (Lipinski definition) is 11. The number of carbonyl (C=O) groups excluding carboxylic acids is 4. The molecule has 11 heteroatoms. The van der Waals surface area contributed by atoms with Crippen LogP contribution in [-0.2, 0) is 19.2 Å². The van der Waals surface area contributed by atoms with E-state index in [1.54, 1.807) is 0 Å². The van der Waals surface area contributed by atoms with Crippen LogP contribution in [0.5, 0.6) is 28.7 Å². The summed E-state index contributed by atoms with van der Waals surface area (Å²) in [5, 5.41) is -0.163. The van der Waals surface area contributed by atoms with E-state index in [9.17, 15) is 24.0 Å². The standard InChI is InChI=1S/C24H20O11/c1-11(25)32-17-7-6-15(8-18(17)33-12(2)26)16-10-31-24-21(22(16)29)19(34-13(3)27)9-20(23(24)30-5)35-14(4)28/h6-10H,1-5H3. The minimum absolute atomic E-state index is 0.00373. The third-order valence-electron chi connectivity index (χ3n) is 4.41. The molecular formula is C24H20O11. The van der Waals surface area contributed by atoms with Crippen molar-refractivity contribution in [2.75, 3.05) is 7.11 Å². The average molecular weight is 484 g/mol. The summed E-state index contributed by atoms with van der Waals surface area (Å²) >= 11 is 0. The maximum Gasteiger partial charge on any atom is 0.308 e. The number of carbonyl (C=O) groups is 4. The molecule has 11 nitrogen and oxygen atoms in total. The largest absolute Gasteiger partial charge is 0.490 e. The smallest absolute Gasteiger partial charge is 0.308 e. The minimum atomic E-state index is -0.738. The molecule has 0 aliphatic rings. The van der Waals surface area contributed by atoms with E-state index in [1.807, 2.05) is 0 Å². The molecule has 35 heavy (non-hydrogen) atoms. The van der Waals surface area contributed by atoms with Crippen molar-refractivity contribution in [3.8, 4) is 39.9 Å². The molecule has 0 atom stereocenters. The fourth-order valence-electron chi connectivity index (χ4n) is 3.24. The Kier molecular flexibility index (Phi) is 7.19. The minimum Gasteiger partial charge on any atom is -0.490 e. The van der Waals surface area contributed by atoms with Gasteiger partial charge in [0.25, 0.3) is 0 Å². The van der Waals surface area contributed by atoms with Crippen molar-refractivity contribution in [1.29, 1.82) is 0 Å². The summed E-state index contributed by atoms with van der Waals surface area (Å²) in [6.07, 6.45) is 1.11. The van der Waals surface area contributed by atoms with Crippen molar-refractivity contribution in [2.45, 2.75) is 27.7 Å². The van der Waals surface area contributed by atoms with Crippen molar-refractivity contribution in [1.82, 2.24) is 0 Å². The van der Waals surface area contributed by atoms with Gasteiger partial charge < -0.3 is 28.1 Å². The van der Waals surface area contributed by atoms with Gasteiger partial charge in [-0.1, -0.05) is 6.07 Å². The second-order valence-electron chi connectivity index (χ2n) is 7.12. The van der Waals surface area contributed by atoms with E-state index in [0.717, 1.165) is 27.0 Å². The van der Waals surface area contributed by atoms with Gasteiger partial charge in [-0.3, -0.25) is 24.0 Å². The molecular weight excluding hydrogens is 464 g/mol. The van der Waals surface area contributed by atoms with Gasteiger partial charge in [0.2, 0.25) is 11.2 Å². The van der Waals surface area contributed by atoms with Crippen molar-refractivity contribution in [3.05, 3.63) is 40.8 Å². The number of ether oxygens (including phenoxy) is 5. The van der Waals surface area contributed by atoms with E-state index in [-0.39, 0.29) is 50.8 Å². The van der Waals surface area contributed by atoms with Crippen molar-refractivity contribution in [2.24, 2.45) is 0 Å². The average Bonchev–Trinajstić information content (AvgIpc) is 2.73. The Bertz CT molecular complexity index is 1420. The van der Waals surface area contributed by atoms with Crippen LogP contribution in [0.25, 0.3) is 22.1 Å². The number of rotatable bonds is 6. The molecule has 0 amide bonds. The molecule has 1 aromatic heterocycles. The SMILES string of the molecule is COc1c(OC(C)=O)cc(OC(C)=O)c2c(=O)c(-c3ccc(OC(C)=O)c(OC(C)=O)c3)coc12. The van der Waals surface area contributed by atoms with E-state index in [4.69, 9.17) is 28.1 Å². The Morgan fingerprint density at radius 3 is 1.83 bits per heavy atom. The molecule has 0 aliphatic heterocycles. The van der Waals surface area contributed by atoms with Crippen LogP contribution < -0.4 is 29.1 Å². The summed E-state index contributed by atoms with van der Waals surface area (Å²) in [7, 11) is 1.28. The number of benzene rings is 2. The molecule has 1 heterocycles. The Balaban J connectivity index is 2.30. The molecule has 0 bridgehead atoms. The van der Waals surface area contributed by atoms with Crippen LogP contribution in [0.2, 0.25) is 0 Å². The second-order valence-corrected chi connectivity index (χ2v) is 7.12. The van der Waals surface area contributed by atoms with Gasteiger partial charge in [-0.2, -0.15) is 0 Å². The van der Waals surface area contributed by atoms with Crippen LogP contribution in [-0.4, -0.2) is 31.0 Å². The van der Waals surface area contributed by atoms with Crippen molar-refractivity contribution in [3.63, 3.8) is 0 Å². The fourth-order valence-corrected chi connectivity index (χ4v) is 3.24. The summed E-state index contributed by atoms with van der Waals surface area (Å²) in [6.45, 7) is 4.63. The molecule has 0 aliphatic carbocycles. The summed E-state index contributed by atoms with van der Waals surface area (Å²) in [5.74, 6) is -3.29. The molecule has 0 saturated carbocycles. The maximum atomic E-state index is 13.5. The van der Waals surface area contributed by atoms with Crippen LogP contribution in [0.3, 0.4) is 0 Å². The van der Waals surface area contributed by atoms with Gasteiger partial charge in [0.1, 0.15) is 17.4 Å². The molecule has 0 fully saturated rings. The highest BCUT2D eigenvalue weighted by atomic mass is 16.6. The van der Waals surface area contributed by atoms with Gasteiger partial charge in [0.05, 0.1) is 12.7 Å². The van der Waals surface area contributed by atoms with Gasteiger partial charge in [-0.15, -0.1) is 0 Å². The molecule has 3 rings (SSSR count). The van der Waals surface area contributed by atoms with Gasteiger partial charge in [-0.25, -0.2) is 0 Å². The summed E-state index contributed by atoms with van der Waals surface area (Å²) in [4.78, 5) is 59.6. The van der Waals surface area contributed by atoms with E-state index in [1.165, 1.54) is 38.3 Å². The van der Waals surface area contributed by atoms with E-state index in [2.05, 4.69) is 0 Å². The molecule has 0 unspecified atom stereocenters. The highest BCUT2D eigenvalue weighted by molar-refractivity contribution is 5.95. The molecule has 0 N–H and O–H groups in total. The Morgan fingerprint density at radius 1 is 0.714 bits per heavy atom. The first kappa shape index (κ1) is 25.0. The molecule has 2 aromatic carbocycles. The van der Waals surface area contributed by atoms with Gasteiger partial charge >= 0.3 is 23.9 Å². The van der Waals surface area contributed by atoms with E-state index < -0.39 is 29.3 Å². The van der Waals surface area contributed by atoms with Gasteiger partial charge in [-0.05, 0) is 17.7 Å². The predicted octanol–water partition coefficient (Wildman–Crippen LogP) is 3.17. The molecule has 0 radical (unpaired) electrons. The summed E-state index contributed by atoms with van der Waals surface area (Å²) in [6, 6.07) is 5.27. The normalized spacial score (nSPS) is 10.4. The van der Waals surface area contributed by atoms with Gasteiger partial charge in [0, 0.05) is 33.8 Å². The number of hydrogen-bond donors (Lipinski definition) is 0. The monoisotopic (exact) mass is 484 g/mol. The van der Waals surface area contributed by atoms with Crippen molar-refractivity contribution >= 4 is 34.8 Å². The lowest BCUT2D eigenvalue weighted by Crippen LogP contribution is -2.12. The van der Waals surface area contributed by atoms with Crippen LogP contribution in [0, 0.1) is 0 Å². The molecule has 0 saturated heterocycles. The first-order valence-electron chi connectivity index (χ1n) is 10.1. The zero-order valence-corrected chi connectivity index (χ0v) is 19.4. The topological polar surface area (TPSA) is 145 Å². The van der Waals surface area contributed by atoms with E-state index in [0.29, 0.717) is 0 Å². The van der Waals surface area contributed by atoms with Crippen LogP contribution >= 0.6 is 0 Å². The third kappa shape index (κ3) is 5.46. The lowest BCUT2D eigenvalue weighted by Gasteiger charge is -2.14. The van der Waals surface area contributed by atoms with Crippen LogP contribution in [0.4, 0.5) is 0 Å². The molecule has 3 aromatic rings. The quantitative estimate of drug-likeness (QED) is 0.376. The lowest BCUT2D eigenvalue weighted by atomic mass is 10.0. The number of esters is 4. The zero-order valence-electron chi connectivity index (χ0n) is 19.4. The molecule has 182 valence electrons.